The van der Waals surface area contributed by atoms with E-state index in [2.05, 4.69) is 28.8 Å². The number of nitrogens with zero attached hydrogens (tertiary/aromatic N) is 1. The van der Waals surface area contributed by atoms with Crippen molar-refractivity contribution in [2.45, 2.75) is 26.2 Å². The van der Waals surface area contributed by atoms with Crippen molar-refractivity contribution < 1.29 is 4.79 Å². The van der Waals surface area contributed by atoms with Crippen LogP contribution in [0.25, 0.3) is 21.8 Å². The molecule has 0 aliphatic carbocycles. The fourth-order valence-corrected chi connectivity index (χ4v) is 3.20. The molecule has 5 heteroatoms. The van der Waals surface area contributed by atoms with E-state index in [1.54, 1.807) is 6.20 Å². The molecule has 4 aromatic rings. The zero-order chi connectivity index (χ0) is 18.3. The number of H-pyrrole nitrogens is 2. The number of nitrogens with one attached hydrogen (secondary N) is 2. The van der Waals surface area contributed by atoms with E-state index in [0.717, 1.165) is 16.5 Å². The van der Waals surface area contributed by atoms with E-state index >= 15 is 0 Å². The fraction of sp³-hybridized carbons (Fsp3) is 0.190. The van der Waals surface area contributed by atoms with Crippen molar-refractivity contribution >= 4 is 27.6 Å². The third kappa shape index (κ3) is 2.81. The predicted octanol–water partition coefficient (Wildman–Crippen LogP) is 3.95. The number of hydrogen-bond acceptors (Lipinski definition) is 3. The minimum atomic E-state index is -0.209. The molecule has 0 radical (unpaired) electrons. The van der Waals surface area contributed by atoms with Crippen LogP contribution in [0.15, 0.2) is 53.5 Å². The SMILES string of the molecule is CC(C)c1ccc2nc(CC(=O)c3c[nH]c4ccccc34)[nH]c(=O)c2c1. The molecule has 2 aromatic carbocycles. The minimum Gasteiger partial charge on any atom is -0.360 e. The predicted molar refractivity (Wildman–Crippen MR) is 103 cm³/mol. The number of para-hydroxylation sites is 1. The van der Waals surface area contributed by atoms with Crippen LogP contribution in [0.5, 0.6) is 0 Å². The van der Waals surface area contributed by atoms with E-state index in [-0.39, 0.29) is 17.8 Å². The van der Waals surface area contributed by atoms with E-state index < -0.39 is 0 Å². The molecule has 2 aromatic heterocycles. The van der Waals surface area contributed by atoms with Gasteiger partial charge < -0.3 is 9.97 Å². The van der Waals surface area contributed by atoms with Gasteiger partial charge in [0.25, 0.3) is 5.56 Å². The molecular formula is C21H19N3O2. The lowest BCUT2D eigenvalue weighted by Gasteiger charge is -2.07. The smallest absolute Gasteiger partial charge is 0.258 e. The second kappa shape index (κ2) is 6.26. The Morgan fingerprint density at radius 2 is 1.92 bits per heavy atom. The van der Waals surface area contributed by atoms with Gasteiger partial charge in [-0.3, -0.25) is 9.59 Å². The van der Waals surface area contributed by atoms with Crippen LogP contribution >= 0.6 is 0 Å². The molecule has 0 fully saturated rings. The van der Waals surface area contributed by atoms with Crippen LogP contribution in [-0.4, -0.2) is 20.7 Å². The minimum absolute atomic E-state index is 0.0545. The monoisotopic (exact) mass is 345 g/mol. The number of carbonyl (C=O) groups excluding carboxylic acids is 1. The summed E-state index contributed by atoms with van der Waals surface area (Å²) in [5.74, 6) is 0.640. The first-order chi connectivity index (χ1) is 12.5. The van der Waals surface area contributed by atoms with Crippen LogP contribution in [0, 0.1) is 0 Å². The van der Waals surface area contributed by atoms with Gasteiger partial charge in [0, 0.05) is 22.7 Å². The molecule has 0 aliphatic rings. The quantitative estimate of drug-likeness (QED) is 0.550. The highest BCUT2D eigenvalue weighted by atomic mass is 16.1. The summed E-state index contributed by atoms with van der Waals surface area (Å²) in [6.45, 7) is 4.16. The van der Waals surface area contributed by atoms with Crippen molar-refractivity contribution in [1.29, 1.82) is 0 Å². The van der Waals surface area contributed by atoms with Crippen molar-refractivity contribution in [2.75, 3.05) is 0 Å². The lowest BCUT2D eigenvalue weighted by Crippen LogP contribution is -2.15. The number of hydrogen-bond donors (Lipinski definition) is 2. The lowest BCUT2D eigenvalue weighted by molar-refractivity contribution is 0.0992. The van der Waals surface area contributed by atoms with Crippen LogP contribution in [0.4, 0.5) is 0 Å². The number of Topliss-reactive ketones (excluding diaryl/α,β-unsaturated/α-hetero) is 1. The zero-order valence-electron chi connectivity index (χ0n) is 14.7. The first-order valence-corrected chi connectivity index (χ1v) is 8.65. The molecule has 0 aliphatic heterocycles. The van der Waals surface area contributed by atoms with Crippen molar-refractivity contribution in [3.63, 3.8) is 0 Å². The van der Waals surface area contributed by atoms with Gasteiger partial charge in [0.05, 0.1) is 17.3 Å². The van der Waals surface area contributed by atoms with Gasteiger partial charge in [-0.15, -0.1) is 0 Å². The molecule has 0 amide bonds. The summed E-state index contributed by atoms with van der Waals surface area (Å²) in [5, 5.41) is 1.43. The van der Waals surface area contributed by atoms with Gasteiger partial charge in [0.1, 0.15) is 5.82 Å². The molecule has 4 rings (SSSR count). The number of fused-ring (bicyclic) bond motifs is 2. The van der Waals surface area contributed by atoms with Crippen LogP contribution in [0.1, 0.15) is 41.5 Å². The lowest BCUT2D eigenvalue weighted by atomic mass is 10.0. The van der Waals surface area contributed by atoms with E-state index in [0.29, 0.717) is 28.2 Å². The molecule has 26 heavy (non-hydrogen) atoms. The largest absolute Gasteiger partial charge is 0.360 e. The number of ketones is 1. The fourth-order valence-electron chi connectivity index (χ4n) is 3.20. The molecule has 0 unspecified atom stereocenters. The van der Waals surface area contributed by atoms with Gasteiger partial charge in [-0.1, -0.05) is 38.1 Å². The zero-order valence-corrected chi connectivity index (χ0v) is 14.7. The van der Waals surface area contributed by atoms with Gasteiger partial charge in [0.15, 0.2) is 5.78 Å². The first-order valence-electron chi connectivity index (χ1n) is 8.65. The Morgan fingerprint density at radius 3 is 2.73 bits per heavy atom. The van der Waals surface area contributed by atoms with E-state index in [4.69, 9.17) is 0 Å². The molecule has 2 N–H and O–H groups in total. The van der Waals surface area contributed by atoms with E-state index in [1.807, 2.05) is 42.5 Å². The summed E-state index contributed by atoms with van der Waals surface area (Å²) < 4.78 is 0. The standard InChI is InChI=1S/C21H19N3O2/c1-12(2)13-7-8-18-15(9-13)21(26)24-20(23-18)10-19(25)16-11-22-17-6-4-3-5-14(16)17/h3-9,11-12,22H,10H2,1-2H3,(H,23,24,26). The highest BCUT2D eigenvalue weighted by molar-refractivity contribution is 6.08. The van der Waals surface area contributed by atoms with Crippen LogP contribution in [-0.2, 0) is 6.42 Å². The van der Waals surface area contributed by atoms with Crippen molar-refractivity contribution in [1.82, 2.24) is 15.0 Å². The van der Waals surface area contributed by atoms with Crippen LogP contribution < -0.4 is 5.56 Å². The van der Waals surface area contributed by atoms with Gasteiger partial charge in [-0.05, 0) is 29.7 Å². The summed E-state index contributed by atoms with van der Waals surface area (Å²) >= 11 is 0. The normalized spacial score (nSPS) is 11.5. The van der Waals surface area contributed by atoms with Crippen molar-refractivity contribution in [3.8, 4) is 0 Å². The second-order valence-electron chi connectivity index (χ2n) is 6.79. The highest BCUT2D eigenvalue weighted by Crippen LogP contribution is 2.20. The molecule has 0 saturated heterocycles. The Labute approximate surface area is 150 Å². The maximum atomic E-state index is 12.7. The Hall–Kier alpha value is -3.21. The molecular weight excluding hydrogens is 326 g/mol. The van der Waals surface area contributed by atoms with Crippen LogP contribution in [0.2, 0.25) is 0 Å². The van der Waals surface area contributed by atoms with Gasteiger partial charge >= 0.3 is 0 Å². The Morgan fingerprint density at radius 1 is 1.12 bits per heavy atom. The first kappa shape index (κ1) is 16.3. The molecule has 0 saturated carbocycles. The molecule has 5 nitrogen and oxygen atoms in total. The number of rotatable bonds is 4. The van der Waals surface area contributed by atoms with Gasteiger partial charge in [-0.25, -0.2) is 4.98 Å². The Balaban J connectivity index is 1.70. The third-order valence-corrected chi connectivity index (χ3v) is 4.66. The van der Waals surface area contributed by atoms with Crippen LogP contribution in [0.3, 0.4) is 0 Å². The van der Waals surface area contributed by atoms with Gasteiger partial charge in [-0.2, -0.15) is 0 Å². The third-order valence-electron chi connectivity index (χ3n) is 4.66. The maximum absolute atomic E-state index is 12.7. The Bertz CT molecular complexity index is 1180. The second-order valence-corrected chi connectivity index (χ2v) is 6.79. The molecule has 0 spiro atoms. The topological polar surface area (TPSA) is 78.6 Å². The molecule has 2 heterocycles. The maximum Gasteiger partial charge on any atom is 0.258 e. The van der Waals surface area contributed by atoms with E-state index in [9.17, 15) is 9.59 Å². The summed E-state index contributed by atoms with van der Waals surface area (Å²) in [6.07, 6.45) is 1.76. The highest BCUT2D eigenvalue weighted by Gasteiger charge is 2.15. The molecule has 130 valence electrons. The number of carbonyl (C=O) groups is 1. The average Bonchev–Trinajstić information content (AvgIpc) is 3.05. The molecule has 0 atom stereocenters. The van der Waals surface area contributed by atoms with Crippen molar-refractivity contribution in [2.24, 2.45) is 0 Å². The average molecular weight is 345 g/mol. The van der Waals surface area contributed by atoms with Crippen molar-refractivity contribution in [3.05, 3.63) is 76.0 Å². The van der Waals surface area contributed by atoms with Gasteiger partial charge in [0.2, 0.25) is 0 Å². The van der Waals surface area contributed by atoms with E-state index in [1.165, 1.54) is 0 Å². The number of benzene rings is 2. The number of aromatic nitrogens is 3. The summed E-state index contributed by atoms with van der Waals surface area (Å²) in [5.41, 5.74) is 3.02. The summed E-state index contributed by atoms with van der Waals surface area (Å²) in [6, 6.07) is 13.3. The molecule has 0 bridgehead atoms. The Kier molecular flexibility index (Phi) is 3.92. The number of aromatic amines is 2. The summed E-state index contributed by atoms with van der Waals surface area (Å²) in [7, 11) is 0. The summed E-state index contributed by atoms with van der Waals surface area (Å²) in [4.78, 5) is 35.5.